The molecule has 0 saturated heterocycles. The van der Waals surface area contributed by atoms with E-state index in [1.807, 2.05) is 13.8 Å². The zero-order valence-corrected chi connectivity index (χ0v) is 17.5. The van der Waals surface area contributed by atoms with Crippen molar-refractivity contribution in [2.75, 3.05) is 18.5 Å². The van der Waals surface area contributed by atoms with E-state index < -0.39 is 30.6 Å². The molecule has 0 spiro atoms. The van der Waals surface area contributed by atoms with Crippen LogP contribution in [0.2, 0.25) is 5.02 Å². The number of carbonyl (C=O) groups is 1. The van der Waals surface area contributed by atoms with Crippen molar-refractivity contribution in [2.24, 2.45) is 0 Å². The topological polar surface area (TPSA) is 111 Å². The van der Waals surface area contributed by atoms with Crippen molar-refractivity contribution < 1.29 is 19.4 Å². The Balaban J connectivity index is 1.75. The number of aliphatic hydroxyl groups excluding tert-OH is 2. The molecule has 2 heterocycles. The summed E-state index contributed by atoms with van der Waals surface area (Å²) < 4.78 is 13.9. The molecule has 1 aromatic carbocycles. The summed E-state index contributed by atoms with van der Waals surface area (Å²) in [4.78, 5) is 23.2. The molecule has 2 atom stereocenters. The number of halogens is 2. The number of rotatable bonds is 6. The van der Waals surface area contributed by atoms with E-state index in [-0.39, 0.29) is 17.6 Å². The first-order valence-electron chi connectivity index (χ1n) is 9.69. The number of amides is 2. The van der Waals surface area contributed by atoms with Gasteiger partial charge in [-0.1, -0.05) is 17.7 Å². The van der Waals surface area contributed by atoms with Crippen LogP contribution in [0.25, 0.3) is 0 Å². The second-order valence-electron chi connectivity index (χ2n) is 7.49. The minimum Gasteiger partial charge on any atom is -0.394 e. The molecule has 2 unspecified atom stereocenters. The Morgan fingerprint density at radius 1 is 1.40 bits per heavy atom. The highest BCUT2D eigenvalue weighted by atomic mass is 35.5. The maximum Gasteiger partial charge on any atom is 0.318 e. The van der Waals surface area contributed by atoms with Gasteiger partial charge in [-0.15, -0.1) is 0 Å². The van der Waals surface area contributed by atoms with Gasteiger partial charge in [0.15, 0.2) is 0 Å². The largest absolute Gasteiger partial charge is 0.394 e. The average molecular weight is 438 g/mol. The minimum absolute atomic E-state index is 0.0690. The van der Waals surface area contributed by atoms with Crippen LogP contribution in [0.5, 0.6) is 0 Å². The fraction of sp³-hybridized carbons (Fsp3) is 0.450. The summed E-state index contributed by atoms with van der Waals surface area (Å²) in [7, 11) is 0. The van der Waals surface area contributed by atoms with Crippen LogP contribution >= 0.6 is 11.6 Å². The Morgan fingerprint density at radius 3 is 2.83 bits per heavy atom. The van der Waals surface area contributed by atoms with Crippen LogP contribution in [0.1, 0.15) is 36.7 Å². The van der Waals surface area contributed by atoms with Crippen LogP contribution in [-0.2, 0) is 13.0 Å². The van der Waals surface area contributed by atoms with Gasteiger partial charge < -0.3 is 25.7 Å². The number of hydrogen-bond donors (Lipinski definition) is 4. The molecule has 1 aliphatic heterocycles. The van der Waals surface area contributed by atoms with E-state index in [2.05, 4.69) is 20.6 Å². The van der Waals surface area contributed by atoms with Gasteiger partial charge in [-0.05, 0) is 43.5 Å². The fourth-order valence-electron chi connectivity index (χ4n) is 3.24. The molecule has 4 N–H and O–H groups in total. The quantitative estimate of drug-likeness (QED) is 0.551. The van der Waals surface area contributed by atoms with Crippen molar-refractivity contribution in [1.29, 1.82) is 0 Å². The van der Waals surface area contributed by atoms with E-state index >= 15 is 0 Å². The average Bonchev–Trinajstić information content (AvgIpc) is 2.72. The lowest BCUT2D eigenvalue weighted by molar-refractivity contribution is 0.0624. The number of benzene rings is 1. The zero-order valence-electron chi connectivity index (χ0n) is 16.8. The summed E-state index contributed by atoms with van der Waals surface area (Å²) in [5.74, 6) is -0.177. The molecule has 162 valence electrons. The second kappa shape index (κ2) is 9.55. The molecule has 3 rings (SSSR count). The molecule has 0 bridgehead atoms. The van der Waals surface area contributed by atoms with E-state index in [1.54, 1.807) is 11.1 Å². The van der Waals surface area contributed by atoms with Crippen molar-refractivity contribution in [3.63, 3.8) is 0 Å². The summed E-state index contributed by atoms with van der Waals surface area (Å²) in [6, 6.07) is 2.69. The van der Waals surface area contributed by atoms with E-state index in [1.165, 1.54) is 12.1 Å². The number of urea groups is 1. The van der Waals surface area contributed by atoms with Gasteiger partial charge in [0.2, 0.25) is 5.95 Å². The molecule has 2 amide bonds. The molecule has 30 heavy (non-hydrogen) atoms. The Labute approximate surface area is 179 Å². The lowest BCUT2D eigenvalue weighted by atomic mass is 10.0. The summed E-state index contributed by atoms with van der Waals surface area (Å²) in [6.45, 7) is 4.07. The molecule has 0 aliphatic carbocycles. The highest BCUT2D eigenvalue weighted by Gasteiger charge is 2.28. The molecule has 0 saturated carbocycles. The van der Waals surface area contributed by atoms with Crippen LogP contribution in [0.3, 0.4) is 0 Å². The molecule has 1 aliphatic rings. The Bertz CT molecular complexity index is 914. The molecule has 0 fully saturated rings. The van der Waals surface area contributed by atoms with Gasteiger partial charge in [0.05, 0.1) is 29.9 Å². The van der Waals surface area contributed by atoms with E-state index in [0.717, 1.165) is 17.3 Å². The van der Waals surface area contributed by atoms with Crippen molar-refractivity contribution in [3.05, 3.63) is 52.1 Å². The number of nitrogens with zero attached hydrogens (tertiary/aromatic N) is 3. The van der Waals surface area contributed by atoms with Crippen molar-refractivity contribution >= 4 is 23.6 Å². The van der Waals surface area contributed by atoms with Crippen LogP contribution in [0.15, 0.2) is 24.4 Å². The molecule has 0 radical (unpaired) electrons. The number of hydrogen-bond acceptors (Lipinski definition) is 6. The highest BCUT2D eigenvalue weighted by molar-refractivity contribution is 6.30. The van der Waals surface area contributed by atoms with Gasteiger partial charge >= 0.3 is 6.03 Å². The van der Waals surface area contributed by atoms with Gasteiger partial charge in [-0.25, -0.2) is 19.2 Å². The Hall–Kier alpha value is -2.49. The third-order valence-electron chi connectivity index (χ3n) is 4.80. The normalized spacial score (nSPS) is 15.5. The number of anilines is 1. The molecule has 2 aromatic rings. The lowest BCUT2D eigenvalue weighted by Gasteiger charge is -2.31. The van der Waals surface area contributed by atoms with Crippen LogP contribution in [-0.4, -0.2) is 56.4 Å². The third-order valence-corrected chi connectivity index (χ3v) is 5.11. The SMILES string of the molecule is CC(C)Nc1ncc2c(n1)CN(C(=O)NC(c1ccc(Cl)c(F)c1)C(O)CO)CC2. The first-order chi connectivity index (χ1) is 14.3. The summed E-state index contributed by atoms with van der Waals surface area (Å²) in [6.07, 6.45) is 1.04. The summed E-state index contributed by atoms with van der Waals surface area (Å²) in [5, 5.41) is 25.3. The number of fused-ring (bicyclic) bond motifs is 1. The number of nitrogens with one attached hydrogen (secondary N) is 2. The van der Waals surface area contributed by atoms with E-state index in [0.29, 0.717) is 24.5 Å². The second-order valence-corrected chi connectivity index (χ2v) is 7.89. The smallest absolute Gasteiger partial charge is 0.318 e. The molecule has 10 heteroatoms. The number of aliphatic hydroxyl groups is 2. The maximum absolute atomic E-state index is 13.9. The van der Waals surface area contributed by atoms with Crippen molar-refractivity contribution in [2.45, 2.75) is 45.0 Å². The summed E-state index contributed by atoms with van der Waals surface area (Å²) in [5.41, 5.74) is 2.02. The van der Waals surface area contributed by atoms with Crippen molar-refractivity contribution in [1.82, 2.24) is 20.2 Å². The third kappa shape index (κ3) is 5.16. The standard InChI is InChI=1S/C20H25ClFN5O3/c1-11(2)24-19-23-8-13-5-6-27(9-16(13)25-19)20(30)26-18(17(29)10-28)12-3-4-14(21)15(22)7-12/h3-4,7-8,11,17-18,28-29H,5-6,9-10H2,1-2H3,(H,26,30)(H,23,24,25). The first-order valence-corrected chi connectivity index (χ1v) is 10.1. The van der Waals surface area contributed by atoms with E-state index in [4.69, 9.17) is 11.6 Å². The van der Waals surface area contributed by atoms with Crippen LogP contribution < -0.4 is 10.6 Å². The minimum atomic E-state index is -1.31. The fourth-order valence-corrected chi connectivity index (χ4v) is 3.36. The van der Waals surface area contributed by atoms with Gasteiger partial charge in [-0.2, -0.15) is 0 Å². The maximum atomic E-state index is 13.9. The van der Waals surface area contributed by atoms with Gasteiger partial charge in [0.25, 0.3) is 0 Å². The molecular formula is C20H25ClFN5O3. The van der Waals surface area contributed by atoms with Crippen LogP contribution in [0.4, 0.5) is 15.1 Å². The van der Waals surface area contributed by atoms with Gasteiger partial charge in [-0.3, -0.25) is 0 Å². The summed E-state index contributed by atoms with van der Waals surface area (Å²) >= 11 is 5.72. The highest BCUT2D eigenvalue weighted by Crippen LogP contribution is 2.24. The molecule has 8 nitrogen and oxygen atoms in total. The number of carbonyl (C=O) groups excluding carboxylic acids is 1. The predicted octanol–water partition coefficient (Wildman–Crippen LogP) is 2.25. The van der Waals surface area contributed by atoms with Gasteiger partial charge in [0.1, 0.15) is 11.9 Å². The lowest BCUT2D eigenvalue weighted by Crippen LogP contribution is -2.47. The molecular weight excluding hydrogens is 413 g/mol. The van der Waals surface area contributed by atoms with Gasteiger partial charge in [0, 0.05) is 18.8 Å². The predicted molar refractivity (Wildman–Crippen MR) is 111 cm³/mol. The monoisotopic (exact) mass is 437 g/mol. The number of aromatic nitrogens is 2. The Morgan fingerprint density at radius 2 is 2.17 bits per heavy atom. The first kappa shape index (κ1) is 22.2. The van der Waals surface area contributed by atoms with Crippen molar-refractivity contribution in [3.8, 4) is 0 Å². The van der Waals surface area contributed by atoms with Crippen LogP contribution in [0, 0.1) is 5.82 Å². The van der Waals surface area contributed by atoms with E-state index in [9.17, 15) is 19.4 Å². The zero-order chi connectivity index (χ0) is 21.8. The Kier molecular flexibility index (Phi) is 7.06. The molecule has 1 aromatic heterocycles.